The second kappa shape index (κ2) is 7.40. The van der Waals surface area contributed by atoms with Crippen LogP contribution in [0.4, 0.5) is 0 Å². The van der Waals surface area contributed by atoms with Crippen molar-refractivity contribution in [1.82, 2.24) is 15.1 Å². The third-order valence-electron chi connectivity index (χ3n) is 5.31. The minimum Gasteiger partial charge on any atom is -0.381 e. The van der Waals surface area contributed by atoms with E-state index < -0.39 is 0 Å². The van der Waals surface area contributed by atoms with Gasteiger partial charge in [-0.1, -0.05) is 20.8 Å². The van der Waals surface area contributed by atoms with Gasteiger partial charge in [0.25, 0.3) is 0 Å². The predicted octanol–water partition coefficient (Wildman–Crippen LogP) is 1.66. The van der Waals surface area contributed by atoms with Crippen molar-refractivity contribution >= 4 is 0 Å². The van der Waals surface area contributed by atoms with Crippen molar-refractivity contribution in [3.05, 3.63) is 0 Å². The van der Waals surface area contributed by atoms with Crippen LogP contribution < -0.4 is 5.32 Å². The smallest absolute Gasteiger partial charge is 0.0472 e. The van der Waals surface area contributed by atoms with Gasteiger partial charge < -0.3 is 19.9 Å². The Hall–Kier alpha value is -0.160. The zero-order valence-electron chi connectivity index (χ0n) is 14.7. The molecule has 4 nitrogen and oxygen atoms in total. The molecule has 0 saturated carbocycles. The van der Waals surface area contributed by atoms with Gasteiger partial charge in [-0.05, 0) is 38.3 Å². The van der Waals surface area contributed by atoms with E-state index in [0.29, 0.717) is 17.5 Å². The Morgan fingerprint density at radius 3 is 2.43 bits per heavy atom. The van der Waals surface area contributed by atoms with Gasteiger partial charge in [-0.15, -0.1) is 0 Å². The van der Waals surface area contributed by atoms with E-state index in [0.717, 1.165) is 25.7 Å². The Morgan fingerprint density at radius 1 is 1.24 bits per heavy atom. The van der Waals surface area contributed by atoms with Gasteiger partial charge in [-0.25, -0.2) is 0 Å². The molecular weight excluding hydrogens is 262 g/mol. The minimum absolute atomic E-state index is 0.406. The van der Waals surface area contributed by atoms with E-state index in [1.807, 2.05) is 0 Å². The van der Waals surface area contributed by atoms with E-state index in [2.05, 4.69) is 50.0 Å². The third kappa shape index (κ3) is 4.65. The van der Waals surface area contributed by atoms with Crippen LogP contribution in [0.1, 0.15) is 33.6 Å². The number of likely N-dealkylation sites (N-methyl/N-ethyl adjacent to an activating group) is 1. The molecule has 1 N–H and O–H groups in total. The maximum atomic E-state index is 5.62. The summed E-state index contributed by atoms with van der Waals surface area (Å²) in [5, 5.41) is 3.68. The van der Waals surface area contributed by atoms with Crippen LogP contribution >= 0.6 is 0 Å². The lowest BCUT2D eigenvalue weighted by Crippen LogP contribution is -2.48. The molecule has 0 bridgehead atoms. The molecule has 0 spiro atoms. The highest BCUT2D eigenvalue weighted by Gasteiger charge is 2.38. The fraction of sp³-hybridized carbons (Fsp3) is 1.00. The number of rotatable bonds is 6. The second-order valence-electron chi connectivity index (χ2n) is 7.85. The van der Waals surface area contributed by atoms with E-state index in [1.54, 1.807) is 0 Å². The van der Waals surface area contributed by atoms with Gasteiger partial charge in [0.15, 0.2) is 0 Å². The summed E-state index contributed by atoms with van der Waals surface area (Å²) in [6.45, 7) is 13.6. The molecule has 0 amide bonds. The van der Waals surface area contributed by atoms with E-state index >= 15 is 0 Å². The number of nitrogens with one attached hydrogen (secondary N) is 1. The van der Waals surface area contributed by atoms with E-state index in [-0.39, 0.29) is 0 Å². The normalized spacial score (nSPS) is 30.4. The van der Waals surface area contributed by atoms with Gasteiger partial charge in [0.1, 0.15) is 0 Å². The molecule has 2 heterocycles. The Morgan fingerprint density at radius 2 is 1.90 bits per heavy atom. The number of ether oxygens (including phenoxy) is 1. The summed E-state index contributed by atoms with van der Waals surface area (Å²) in [5.74, 6) is 0.773. The minimum atomic E-state index is 0.406. The lowest BCUT2D eigenvalue weighted by atomic mass is 9.79. The highest BCUT2D eigenvalue weighted by molar-refractivity contribution is 4.93. The zero-order chi connectivity index (χ0) is 15.5. The van der Waals surface area contributed by atoms with E-state index in [4.69, 9.17) is 4.74 Å². The van der Waals surface area contributed by atoms with Crippen LogP contribution in [-0.2, 0) is 4.74 Å². The van der Waals surface area contributed by atoms with Gasteiger partial charge in [-0.2, -0.15) is 0 Å². The van der Waals surface area contributed by atoms with Crippen LogP contribution in [0.5, 0.6) is 0 Å². The summed E-state index contributed by atoms with van der Waals surface area (Å²) >= 11 is 0. The first-order chi connectivity index (χ1) is 9.92. The van der Waals surface area contributed by atoms with Gasteiger partial charge in [-0.3, -0.25) is 0 Å². The molecule has 0 aliphatic carbocycles. The van der Waals surface area contributed by atoms with Crippen LogP contribution in [0.25, 0.3) is 0 Å². The van der Waals surface area contributed by atoms with Crippen LogP contribution in [0, 0.1) is 11.3 Å². The molecule has 2 rings (SSSR count). The Labute approximate surface area is 131 Å². The molecule has 4 heteroatoms. The first-order valence-electron chi connectivity index (χ1n) is 8.62. The first-order valence-corrected chi connectivity index (χ1v) is 8.62. The predicted molar refractivity (Wildman–Crippen MR) is 88.7 cm³/mol. The Bertz CT molecular complexity index is 313. The monoisotopic (exact) mass is 297 g/mol. The second-order valence-corrected chi connectivity index (χ2v) is 7.85. The van der Waals surface area contributed by atoms with Crippen molar-refractivity contribution in [2.24, 2.45) is 11.3 Å². The summed E-state index contributed by atoms with van der Waals surface area (Å²) in [6, 6.07) is 1.27. The molecule has 124 valence electrons. The zero-order valence-corrected chi connectivity index (χ0v) is 14.7. The summed E-state index contributed by atoms with van der Waals surface area (Å²) in [6.07, 6.45) is 2.40. The van der Waals surface area contributed by atoms with Crippen molar-refractivity contribution in [2.75, 3.05) is 53.5 Å². The van der Waals surface area contributed by atoms with Crippen molar-refractivity contribution in [1.29, 1.82) is 0 Å². The van der Waals surface area contributed by atoms with Gasteiger partial charge >= 0.3 is 0 Å². The summed E-state index contributed by atoms with van der Waals surface area (Å²) < 4.78 is 5.62. The Kier molecular flexibility index (Phi) is 6.06. The lowest BCUT2D eigenvalue weighted by Gasteiger charge is -2.41. The molecule has 2 atom stereocenters. The van der Waals surface area contributed by atoms with Crippen molar-refractivity contribution in [3.8, 4) is 0 Å². The van der Waals surface area contributed by atoms with Crippen LogP contribution in [0.3, 0.4) is 0 Å². The highest BCUT2D eigenvalue weighted by Crippen LogP contribution is 2.33. The van der Waals surface area contributed by atoms with Gasteiger partial charge in [0, 0.05) is 51.5 Å². The molecule has 2 unspecified atom stereocenters. The molecule has 0 aromatic heterocycles. The molecule has 2 fully saturated rings. The first kappa shape index (κ1) is 17.2. The number of hydrogen-bond acceptors (Lipinski definition) is 4. The number of nitrogens with zero attached hydrogens (tertiary/aromatic N) is 2. The Balaban J connectivity index is 1.95. The van der Waals surface area contributed by atoms with Crippen molar-refractivity contribution < 1.29 is 4.74 Å². The standard InChI is InChI=1S/C17H35N3O/c1-14(2)18-12-17(6-8-21-9-7-17)13-20-10-15(3)16(11-20)19(4)5/h14-16,18H,6-13H2,1-5H3. The van der Waals surface area contributed by atoms with E-state index in [9.17, 15) is 0 Å². The molecule has 0 aromatic rings. The molecule has 2 aliphatic rings. The number of likely N-dealkylation sites (tertiary alicyclic amines) is 1. The molecule has 2 aliphatic heterocycles. The SMILES string of the molecule is CC(C)NCC1(CN2CC(C)C(N(C)C)C2)CCOCC1. The summed E-state index contributed by atoms with van der Waals surface area (Å²) in [5.41, 5.74) is 0.406. The van der Waals surface area contributed by atoms with Crippen molar-refractivity contribution in [3.63, 3.8) is 0 Å². The van der Waals surface area contributed by atoms with E-state index in [1.165, 1.54) is 32.5 Å². The molecule has 21 heavy (non-hydrogen) atoms. The third-order valence-corrected chi connectivity index (χ3v) is 5.31. The maximum absolute atomic E-state index is 5.62. The van der Waals surface area contributed by atoms with Crippen molar-refractivity contribution in [2.45, 2.75) is 45.7 Å². The quantitative estimate of drug-likeness (QED) is 0.807. The fourth-order valence-electron chi connectivity index (χ4n) is 3.94. The lowest BCUT2D eigenvalue weighted by molar-refractivity contribution is -0.00271. The molecule has 2 saturated heterocycles. The molecular formula is C17H35N3O. The largest absolute Gasteiger partial charge is 0.381 e. The average Bonchev–Trinajstić information content (AvgIpc) is 2.78. The van der Waals surface area contributed by atoms with Crippen LogP contribution in [0.2, 0.25) is 0 Å². The molecule has 0 aromatic carbocycles. The van der Waals surface area contributed by atoms with Crippen LogP contribution in [0.15, 0.2) is 0 Å². The van der Waals surface area contributed by atoms with Crippen LogP contribution in [-0.4, -0.2) is 75.4 Å². The van der Waals surface area contributed by atoms with Gasteiger partial charge in [0.2, 0.25) is 0 Å². The molecule has 0 radical (unpaired) electrons. The van der Waals surface area contributed by atoms with Gasteiger partial charge in [0.05, 0.1) is 0 Å². The average molecular weight is 297 g/mol. The number of hydrogen-bond donors (Lipinski definition) is 1. The summed E-state index contributed by atoms with van der Waals surface area (Å²) in [7, 11) is 4.43. The topological polar surface area (TPSA) is 27.7 Å². The summed E-state index contributed by atoms with van der Waals surface area (Å²) in [4.78, 5) is 5.09. The maximum Gasteiger partial charge on any atom is 0.0472 e. The fourth-order valence-corrected chi connectivity index (χ4v) is 3.94. The highest BCUT2D eigenvalue weighted by atomic mass is 16.5.